The molecule has 2 heterocycles. The molecular weight excluding hydrogens is 488 g/mol. The van der Waals surface area contributed by atoms with Crippen molar-refractivity contribution in [2.75, 3.05) is 53.6 Å². The maximum absolute atomic E-state index is 13.4. The standard InChI is InChI=1S/C29H36N2O7/c1-5-14-36-21-10-8-19(17-23(21)35-6-2)26-25(28(33)29(34)31(26)13-7-12-30(3)4)27(32)20-9-11-22-24(18-20)38-16-15-37-22/h8-11,17-18,26,32H,5-7,12-16H2,1-4H3/b27-25+/t26-/m0/s1. The van der Waals surface area contributed by atoms with Crippen molar-refractivity contribution < 1.29 is 33.6 Å². The summed E-state index contributed by atoms with van der Waals surface area (Å²) in [6.07, 6.45) is 1.51. The van der Waals surface area contributed by atoms with Crippen molar-refractivity contribution in [2.45, 2.75) is 32.7 Å². The Bertz CT molecular complexity index is 1210. The topological polar surface area (TPSA) is 97.8 Å². The SMILES string of the molecule is CCCOc1ccc([C@H]2/C(=C(\O)c3ccc4c(c3)OCCO4)C(=O)C(=O)N2CCCN(C)C)cc1OCC. The van der Waals surface area contributed by atoms with Gasteiger partial charge in [-0.25, -0.2) is 0 Å². The third-order valence-corrected chi connectivity index (χ3v) is 6.40. The fourth-order valence-electron chi connectivity index (χ4n) is 4.65. The van der Waals surface area contributed by atoms with Crippen molar-refractivity contribution in [3.05, 3.63) is 53.1 Å². The van der Waals surface area contributed by atoms with E-state index >= 15 is 0 Å². The van der Waals surface area contributed by atoms with Crippen LogP contribution in [0.1, 0.15) is 43.9 Å². The van der Waals surface area contributed by atoms with Crippen LogP contribution >= 0.6 is 0 Å². The van der Waals surface area contributed by atoms with Crippen LogP contribution in [0, 0.1) is 0 Å². The van der Waals surface area contributed by atoms with Crippen LogP contribution in [0.5, 0.6) is 23.0 Å². The molecule has 0 aliphatic carbocycles. The molecule has 1 amide bonds. The number of benzene rings is 2. The van der Waals surface area contributed by atoms with E-state index in [0.29, 0.717) is 73.5 Å². The predicted octanol–water partition coefficient (Wildman–Crippen LogP) is 4.02. The van der Waals surface area contributed by atoms with Crippen LogP contribution in [0.4, 0.5) is 0 Å². The zero-order valence-corrected chi connectivity index (χ0v) is 22.5. The Morgan fingerprint density at radius 3 is 2.50 bits per heavy atom. The number of aliphatic hydroxyl groups is 1. The number of aliphatic hydroxyl groups excluding tert-OH is 1. The smallest absolute Gasteiger partial charge is 0.295 e. The second-order valence-electron chi connectivity index (χ2n) is 9.50. The Balaban J connectivity index is 1.80. The molecule has 2 aromatic rings. The largest absolute Gasteiger partial charge is 0.507 e. The van der Waals surface area contributed by atoms with Gasteiger partial charge in [-0.2, -0.15) is 0 Å². The van der Waals surface area contributed by atoms with Gasteiger partial charge in [-0.15, -0.1) is 0 Å². The van der Waals surface area contributed by atoms with Crippen molar-refractivity contribution in [1.82, 2.24) is 9.80 Å². The van der Waals surface area contributed by atoms with Crippen LogP contribution in [0.25, 0.3) is 5.76 Å². The highest BCUT2D eigenvalue weighted by Gasteiger charge is 2.46. The van der Waals surface area contributed by atoms with Crippen LogP contribution in [0.3, 0.4) is 0 Å². The Morgan fingerprint density at radius 1 is 1.03 bits per heavy atom. The number of ketones is 1. The summed E-state index contributed by atoms with van der Waals surface area (Å²) in [6.45, 7) is 6.78. The minimum Gasteiger partial charge on any atom is -0.507 e. The lowest BCUT2D eigenvalue weighted by molar-refractivity contribution is -0.139. The van der Waals surface area contributed by atoms with Gasteiger partial charge in [0.2, 0.25) is 0 Å². The third kappa shape index (κ3) is 5.72. The van der Waals surface area contributed by atoms with Gasteiger partial charge in [-0.05, 0) is 76.3 Å². The summed E-state index contributed by atoms with van der Waals surface area (Å²) in [5.41, 5.74) is 1.06. The Kier molecular flexibility index (Phi) is 8.78. The summed E-state index contributed by atoms with van der Waals surface area (Å²) < 4.78 is 22.9. The van der Waals surface area contributed by atoms with E-state index < -0.39 is 17.7 Å². The van der Waals surface area contributed by atoms with Crippen LogP contribution in [-0.2, 0) is 9.59 Å². The van der Waals surface area contributed by atoms with E-state index in [2.05, 4.69) is 0 Å². The molecule has 0 spiro atoms. The number of carbonyl (C=O) groups is 2. The zero-order chi connectivity index (χ0) is 27.2. The van der Waals surface area contributed by atoms with Crippen molar-refractivity contribution in [3.63, 3.8) is 0 Å². The van der Waals surface area contributed by atoms with Crippen LogP contribution in [0.2, 0.25) is 0 Å². The summed E-state index contributed by atoms with van der Waals surface area (Å²) >= 11 is 0. The monoisotopic (exact) mass is 524 g/mol. The number of rotatable bonds is 11. The fraction of sp³-hybridized carbons (Fsp3) is 0.448. The summed E-state index contributed by atoms with van der Waals surface area (Å²) in [4.78, 5) is 30.2. The van der Waals surface area contributed by atoms with Crippen molar-refractivity contribution in [1.29, 1.82) is 0 Å². The first kappa shape index (κ1) is 27.3. The molecule has 2 aliphatic heterocycles. The van der Waals surface area contributed by atoms with Gasteiger partial charge < -0.3 is 33.9 Å². The Morgan fingerprint density at radius 2 is 1.79 bits per heavy atom. The summed E-state index contributed by atoms with van der Waals surface area (Å²) in [7, 11) is 3.91. The van der Waals surface area contributed by atoms with Gasteiger partial charge in [-0.1, -0.05) is 13.0 Å². The van der Waals surface area contributed by atoms with Crippen LogP contribution in [-0.4, -0.2) is 80.2 Å². The number of hydrogen-bond acceptors (Lipinski definition) is 8. The average molecular weight is 525 g/mol. The average Bonchev–Trinajstić information content (AvgIpc) is 3.16. The zero-order valence-electron chi connectivity index (χ0n) is 22.5. The first-order valence-corrected chi connectivity index (χ1v) is 13.1. The molecule has 38 heavy (non-hydrogen) atoms. The van der Waals surface area contributed by atoms with Gasteiger partial charge in [0.05, 0.1) is 24.8 Å². The molecule has 2 aromatic carbocycles. The van der Waals surface area contributed by atoms with E-state index in [9.17, 15) is 14.7 Å². The number of amides is 1. The predicted molar refractivity (Wildman–Crippen MR) is 143 cm³/mol. The number of ether oxygens (including phenoxy) is 4. The second kappa shape index (κ2) is 12.2. The second-order valence-corrected chi connectivity index (χ2v) is 9.50. The maximum Gasteiger partial charge on any atom is 0.295 e. The number of carbonyl (C=O) groups excluding carboxylic acids is 2. The summed E-state index contributed by atoms with van der Waals surface area (Å²) in [5, 5.41) is 11.4. The van der Waals surface area contributed by atoms with Crippen molar-refractivity contribution in [2.24, 2.45) is 0 Å². The molecule has 0 unspecified atom stereocenters. The lowest BCUT2D eigenvalue weighted by atomic mass is 9.94. The van der Waals surface area contributed by atoms with Gasteiger partial charge in [-0.3, -0.25) is 9.59 Å². The molecule has 204 valence electrons. The molecular formula is C29H36N2O7. The van der Waals surface area contributed by atoms with Crippen LogP contribution in [0.15, 0.2) is 42.0 Å². The molecule has 1 atom stereocenters. The van der Waals surface area contributed by atoms with Gasteiger partial charge in [0, 0.05) is 12.1 Å². The first-order valence-electron chi connectivity index (χ1n) is 13.1. The highest BCUT2D eigenvalue weighted by Crippen LogP contribution is 2.43. The molecule has 0 bridgehead atoms. The number of fused-ring (bicyclic) bond motifs is 1. The maximum atomic E-state index is 13.4. The third-order valence-electron chi connectivity index (χ3n) is 6.40. The molecule has 1 saturated heterocycles. The molecule has 0 radical (unpaired) electrons. The number of Topliss-reactive ketones (excluding diaryl/α,β-unsaturated/α-hetero) is 1. The summed E-state index contributed by atoms with van der Waals surface area (Å²) in [5.74, 6) is 0.537. The normalized spacial score (nSPS) is 18.2. The first-order chi connectivity index (χ1) is 18.3. The van der Waals surface area contributed by atoms with Gasteiger partial charge in [0.25, 0.3) is 11.7 Å². The lowest BCUT2D eigenvalue weighted by Crippen LogP contribution is -2.32. The molecule has 9 heteroatoms. The highest BCUT2D eigenvalue weighted by molar-refractivity contribution is 6.46. The highest BCUT2D eigenvalue weighted by atomic mass is 16.6. The Hall–Kier alpha value is -3.72. The molecule has 0 saturated carbocycles. The van der Waals surface area contributed by atoms with Gasteiger partial charge >= 0.3 is 0 Å². The molecule has 9 nitrogen and oxygen atoms in total. The number of likely N-dealkylation sites (tertiary alicyclic amines) is 1. The Labute approximate surface area is 223 Å². The minimum atomic E-state index is -0.787. The fourth-order valence-corrected chi connectivity index (χ4v) is 4.65. The minimum absolute atomic E-state index is 0.0289. The molecule has 1 N–H and O–H groups in total. The molecule has 0 aromatic heterocycles. The number of hydrogen-bond donors (Lipinski definition) is 1. The van der Waals surface area contributed by atoms with Crippen molar-refractivity contribution in [3.8, 4) is 23.0 Å². The van der Waals surface area contributed by atoms with E-state index in [-0.39, 0.29) is 11.3 Å². The van der Waals surface area contributed by atoms with Crippen molar-refractivity contribution >= 4 is 17.4 Å². The lowest BCUT2D eigenvalue weighted by Gasteiger charge is -2.27. The van der Waals surface area contributed by atoms with Gasteiger partial charge in [0.1, 0.15) is 19.0 Å². The molecule has 2 aliphatic rings. The number of nitrogens with zero attached hydrogens (tertiary/aromatic N) is 2. The van der Waals surface area contributed by atoms with E-state index in [1.54, 1.807) is 30.3 Å². The van der Waals surface area contributed by atoms with E-state index in [1.807, 2.05) is 38.9 Å². The van der Waals surface area contributed by atoms with E-state index in [1.165, 1.54) is 4.90 Å². The molecule has 1 fully saturated rings. The molecule has 4 rings (SSSR count). The van der Waals surface area contributed by atoms with Crippen LogP contribution < -0.4 is 18.9 Å². The van der Waals surface area contributed by atoms with Gasteiger partial charge in [0.15, 0.2) is 23.0 Å². The van der Waals surface area contributed by atoms with E-state index in [0.717, 1.165) is 13.0 Å². The van der Waals surface area contributed by atoms with E-state index in [4.69, 9.17) is 18.9 Å². The quantitative estimate of drug-likeness (QED) is 0.268. The summed E-state index contributed by atoms with van der Waals surface area (Å²) in [6, 6.07) is 9.60.